The summed E-state index contributed by atoms with van der Waals surface area (Å²) >= 11 is 0. The molecule has 0 amide bonds. The van der Waals surface area contributed by atoms with Crippen molar-refractivity contribution >= 4 is 0 Å². The molecule has 0 aromatic heterocycles. The lowest BCUT2D eigenvalue weighted by molar-refractivity contribution is 0.837. The summed E-state index contributed by atoms with van der Waals surface area (Å²) in [6, 6.07) is 10.5. The van der Waals surface area contributed by atoms with E-state index in [4.69, 9.17) is 6.42 Å². The lowest BCUT2D eigenvalue weighted by atomic mass is 9.85. The lowest BCUT2D eigenvalue weighted by Crippen LogP contribution is -2.04. The van der Waals surface area contributed by atoms with E-state index in [2.05, 4.69) is 223 Å². The molecule has 0 saturated heterocycles. The maximum absolute atomic E-state index is 4.91. The molecule has 2 aromatic rings. The van der Waals surface area contributed by atoms with Crippen LogP contribution in [0.1, 0.15) is 91.8 Å². The van der Waals surface area contributed by atoms with Crippen molar-refractivity contribution in [2.75, 3.05) is 0 Å². The first-order valence-corrected chi connectivity index (χ1v) is 15.6. The molecular formula is C49H40. The fourth-order valence-electron chi connectivity index (χ4n) is 4.00. The Balaban J connectivity index is 0.000000822. The Morgan fingerprint density at radius 3 is 1.00 bits per heavy atom. The van der Waals surface area contributed by atoms with Crippen molar-refractivity contribution in [1.82, 2.24) is 0 Å². The molecule has 2 aromatic carbocycles. The number of rotatable bonds is 2. The Kier molecular flexibility index (Phi) is 23.6. The van der Waals surface area contributed by atoms with E-state index in [1.807, 2.05) is 13.0 Å². The third kappa shape index (κ3) is 20.0. The Morgan fingerprint density at radius 2 is 0.735 bits per heavy atom. The highest BCUT2D eigenvalue weighted by Crippen LogP contribution is 2.30. The van der Waals surface area contributed by atoms with Crippen molar-refractivity contribution in [3.63, 3.8) is 0 Å². The van der Waals surface area contributed by atoms with E-state index in [-0.39, 0.29) is 0 Å². The monoisotopic (exact) mass is 628 g/mol. The van der Waals surface area contributed by atoms with Crippen LogP contribution in [0.25, 0.3) is 0 Å². The quantitative estimate of drug-likeness (QED) is 0.294. The van der Waals surface area contributed by atoms with Crippen LogP contribution in [-0.4, -0.2) is 0 Å². The normalized spacial score (nSPS) is 7.24. The highest BCUT2D eigenvalue weighted by molar-refractivity contribution is 5.51. The molecule has 0 spiro atoms. The molecular weight excluding hydrogens is 589 g/mol. The van der Waals surface area contributed by atoms with Crippen molar-refractivity contribution in [3.8, 4) is 143 Å². The van der Waals surface area contributed by atoms with E-state index < -0.39 is 0 Å². The first-order valence-electron chi connectivity index (χ1n) is 15.6. The lowest BCUT2D eigenvalue weighted by Gasteiger charge is -2.21. The van der Waals surface area contributed by atoms with Crippen LogP contribution in [0.5, 0.6) is 0 Å². The summed E-state index contributed by atoms with van der Waals surface area (Å²) in [6.07, 6.45) is 5.68. The van der Waals surface area contributed by atoms with Crippen LogP contribution in [0.4, 0.5) is 0 Å². The summed E-state index contributed by atoms with van der Waals surface area (Å²) in [5.41, 5.74) is 10.3. The van der Waals surface area contributed by atoms with Gasteiger partial charge in [0.2, 0.25) is 0 Å². The molecule has 0 saturated carbocycles. The smallest absolute Gasteiger partial charge is 0.00704 e. The minimum absolute atomic E-state index is 0.632. The maximum Gasteiger partial charge on any atom is 0.00704 e. The molecule has 0 atom stereocenters. The average Bonchev–Trinajstić information content (AvgIpc) is 3.09. The van der Waals surface area contributed by atoms with Gasteiger partial charge in [-0.05, 0) is 180 Å². The maximum atomic E-state index is 4.91. The van der Waals surface area contributed by atoms with Gasteiger partial charge in [-0.3, -0.25) is 0 Å². The highest BCUT2D eigenvalue weighted by atomic mass is 14.2. The van der Waals surface area contributed by atoms with Gasteiger partial charge in [0.25, 0.3) is 0 Å². The van der Waals surface area contributed by atoms with Crippen molar-refractivity contribution in [2.24, 2.45) is 0 Å². The standard InChI is InChI=1S/C26H6.C14H22.C9H12/c1-3-5-7-9-11-13-15-17-19-21-23-25-26-24-22-20-18-16-14-12-10-8-6-4-2;1-8(2)14-12(6)10(4)9(3)11(5)13(14)7;1-8(2)9-6-4-3-5-7-9/h1H,4H2,2H3;8H,1-7H3;3-8H,1-2H3. The molecule has 0 aliphatic carbocycles. The van der Waals surface area contributed by atoms with E-state index in [0.717, 1.165) is 6.42 Å². The molecule has 0 bridgehead atoms. The second kappa shape index (κ2) is 27.5. The molecule has 0 fully saturated rings. The number of benzene rings is 2. The van der Waals surface area contributed by atoms with Crippen molar-refractivity contribution in [3.05, 3.63) is 69.3 Å². The van der Waals surface area contributed by atoms with Crippen LogP contribution in [0.3, 0.4) is 0 Å². The Hall–Kier alpha value is -6.84. The van der Waals surface area contributed by atoms with Crippen LogP contribution >= 0.6 is 0 Å². The first-order chi connectivity index (χ1) is 23.6. The molecule has 0 nitrogen and oxygen atoms in total. The van der Waals surface area contributed by atoms with Crippen LogP contribution in [0.15, 0.2) is 30.3 Å². The zero-order valence-electron chi connectivity index (χ0n) is 30.3. The predicted molar refractivity (Wildman–Crippen MR) is 209 cm³/mol. The van der Waals surface area contributed by atoms with E-state index >= 15 is 0 Å². The van der Waals surface area contributed by atoms with Gasteiger partial charge in [-0.1, -0.05) is 70.9 Å². The molecule has 0 aliphatic rings. The van der Waals surface area contributed by atoms with Gasteiger partial charge < -0.3 is 0 Å². The zero-order chi connectivity index (χ0) is 36.7. The minimum Gasteiger partial charge on any atom is -0.106 e. The van der Waals surface area contributed by atoms with Crippen LogP contribution in [-0.2, 0) is 0 Å². The minimum atomic E-state index is 0.632. The van der Waals surface area contributed by atoms with Gasteiger partial charge in [-0.15, -0.1) is 6.42 Å². The molecule has 0 heterocycles. The third-order valence-electron chi connectivity index (χ3n) is 6.69. The molecule has 0 unspecified atom stereocenters. The molecule has 0 aliphatic heterocycles. The zero-order valence-corrected chi connectivity index (χ0v) is 30.3. The Bertz CT molecular complexity index is 2170. The molecule has 236 valence electrons. The van der Waals surface area contributed by atoms with Gasteiger partial charge in [-0.25, -0.2) is 0 Å². The second-order valence-corrected chi connectivity index (χ2v) is 10.6. The van der Waals surface area contributed by atoms with Crippen molar-refractivity contribution in [2.45, 2.75) is 87.5 Å². The molecule has 0 heteroatoms. The number of terminal acetylenes is 1. The summed E-state index contributed by atoms with van der Waals surface area (Å²) < 4.78 is 0. The summed E-state index contributed by atoms with van der Waals surface area (Å²) in [7, 11) is 0. The molecule has 49 heavy (non-hydrogen) atoms. The van der Waals surface area contributed by atoms with Gasteiger partial charge in [0, 0.05) is 41.9 Å². The first kappa shape index (κ1) is 42.2. The number of hydrogen-bond acceptors (Lipinski definition) is 0. The van der Waals surface area contributed by atoms with Crippen LogP contribution in [0, 0.1) is 177 Å². The van der Waals surface area contributed by atoms with Crippen LogP contribution < -0.4 is 0 Å². The van der Waals surface area contributed by atoms with Gasteiger partial charge in [0.05, 0.1) is 0 Å². The largest absolute Gasteiger partial charge is 0.106 e. The molecule has 0 radical (unpaired) electrons. The van der Waals surface area contributed by atoms with Crippen LogP contribution in [0.2, 0.25) is 0 Å². The topological polar surface area (TPSA) is 0 Å². The molecule has 0 N–H and O–H groups in total. The van der Waals surface area contributed by atoms with E-state index in [1.165, 1.54) is 33.4 Å². The van der Waals surface area contributed by atoms with E-state index in [9.17, 15) is 0 Å². The van der Waals surface area contributed by atoms with E-state index in [0.29, 0.717) is 11.8 Å². The summed E-state index contributed by atoms with van der Waals surface area (Å²) in [4.78, 5) is 0. The fourth-order valence-corrected chi connectivity index (χ4v) is 4.00. The summed E-state index contributed by atoms with van der Waals surface area (Å²) in [5, 5.41) is 0. The number of hydrogen-bond donors (Lipinski definition) is 0. The SMILES string of the molecule is C#CC#CC#CC#CC#CC#CC#CC#CC#CC#CC#CC#CCC.CC(C)c1ccccc1.Cc1c(C)c(C)c(C(C)C)c(C)c1C. The Labute approximate surface area is 298 Å². The second-order valence-electron chi connectivity index (χ2n) is 10.6. The fraction of sp³-hybridized carbons (Fsp3) is 0.265. The summed E-state index contributed by atoms with van der Waals surface area (Å²) in [5.74, 6) is 58.7. The van der Waals surface area contributed by atoms with E-state index in [1.54, 1.807) is 5.56 Å². The third-order valence-corrected chi connectivity index (χ3v) is 6.69. The predicted octanol–water partition coefficient (Wildman–Crippen LogP) is 8.23. The van der Waals surface area contributed by atoms with Gasteiger partial charge in [0.1, 0.15) is 0 Å². The Morgan fingerprint density at radius 1 is 0.429 bits per heavy atom. The molecule has 2 rings (SSSR count). The van der Waals surface area contributed by atoms with Gasteiger partial charge in [-0.2, -0.15) is 0 Å². The van der Waals surface area contributed by atoms with Crippen molar-refractivity contribution < 1.29 is 0 Å². The average molecular weight is 629 g/mol. The van der Waals surface area contributed by atoms with Gasteiger partial charge in [0.15, 0.2) is 0 Å². The van der Waals surface area contributed by atoms with Crippen molar-refractivity contribution in [1.29, 1.82) is 0 Å². The summed E-state index contributed by atoms with van der Waals surface area (Å²) in [6.45, 7) is 22.1. The highest BCUT2D eigenvalue weighted by Gasteiger charge is 2.13. The van der Waals surface area contributed by atoms with Gasteiger partial charge >= 0.3 is 0 Å².